The number of nitrogens with one attached hydrogen (secondary N) is 5. The van der Waals surface area contributed by atoms with E-state index in [2.05, 4.69) is 64.2 Å². The summed E-state index contributed by atoms with van der Waals surface area (Å²) in [4.78, 5) is 33.6. The second kappa shape index (κ2) is 20.3. The summed E-state index contributed by atoms with van der Waals surface area (Å²) in [6.07, 6.45) is 1.53. The molecule has 15 nitrogen and oxygen atoms in total. The first-order chi connectivity index (χ1) is 20.4. The normalized spacial score (nSPS) is 30.6. The lowest BCUT2D eigenvalue weighted by molar-refractivity contribution is -0.320. The fourth-order valence-electron chi connectivity index (χ4n) is 6.63. The molecule has 9 N–H and O–H groups in total. The Morgan fingerprint density at radius 1 is 0.860 bits per heavy atom. The SMILES string of the molecule is CNC(=S)NC1CCC(N(COO)COO)C(N(CC(=O)O)CC(=O)O)C1.CNC1C(C)C(C)C(NC=S)C(C)C1NC.[HH].[HH].[HH]. The summed E-state index contributed by atoms with van der Waals surface area (Å²) in [7, 11) is 5.76. The van der Waals surface area contributed by atoms with Crippen LogP contribution in [-0.2, 0) is 19.4 Å². The third-order valence-corrected chi connectivity index (χ3v) is 9.27. The molecule has 256 valence electrons. The van der Waals surface area contributed by atoms with Gasteiger partial charge in [-0.1, -0.05) is 33.0 Å². The molecule has 2 fully saturated rings. The molecule has 0 heterocycles. The zero-order chi connectivity index (χ0) is 32.7. The van der Waals surface area contributed by atoms with Gasteiger partial charge in [-0.05, 0) is 63.3 Å². The fraction of sp³-hybridized carbons (Fsp3) is 0.846. The number of hydrogen-bond donors (Lipinski definition) is 9. The standard InChI is InChI=1S/C14H26N4O8S.C12H25N3S.3H2/c1-15-14(27)16-9-2-3-10(18(7-25-23)8-26-24)11(4-9)17(5-12(19)20)6-13(21)22;1-7-8(2)11(13-4)12(14-5)9(3)10(7)15-6-16;;;/h9-11,23-24H,2-8H2,1H3,(H,19,20)(H,21,22)(H2,15,16,27);6-14H,1-5H3,(H,15,16);3*1H. The van der Waals surface area contributed by atoms with Crippen LogP contribution < -0.4 is 26.6 Å². The quantitative estimate of drug-likeness (QED) is 0.0516. The number of carboxylic acids is 2. The van der Waals surface area contributed by atoms with Crippen molar-refractivity contribution in [3.8, 4) is 0 Å². The van der Waals surface area contributed by atoms with Gasteiger partial charge in [-0.15, -0.1) is 0 Å². The summed E-state index contributed by atoms with van der Waals surface area (Å²) in [5.74, 6) is -0.520. The monoisotopic (exact) mass is 659 g/mol. The van der Waals surface area contributed by atoms with Crippen molar-refractivity contribution in [1.29, 1.82) is 0 Å². The van der Waals surface area contributed by atoms with Crippen molar-refractivity contribution in [1.82, 2.24) is 36.4 Å². The summed E-state index contributed by atoms with van der Waals surface area (Å²) in [6, 6.07) is 0.414. The van der Waals surface area contributed by atoms with Gasteiger partial charge in [0.25, 0.3) is 0 Å². The van der Waals surface area contributed by atoms with Crippen LogP contribution in [0.25, 0.3) is 0 Å². The maximum absolute atomic E-state index is 11.2. The van der Waals surface area contributed by atoms with Gasteiger partial charge in [0.15, 0.2) is 5.11 Å². The Labute approximate surface area is 269 Å². The molecule has 0 aromatic heterocycles. The predicted molar refractivity (Wildman–Crippen MR) is 176 cm³/mol. The summed E-state index contributed by atoms with van der Waals surface area (Å²) >= 11 is 10.0. The van der Waals surface area contributed by atoms with Gasteiger partial charge in [-0.2, -0.15) is 0 Å². The van der Waals surface area contributed by atoms with Gasteiger partial charge in [-0.25, -0.2) is 14.7 Å². The third-order valence-electron chi connectivity index (χ3n) is 8.81. The molecule has 9 unspecified atom stereocenters. The van der Waals surface area contributed by atoms with E-state index in [1.54, 1.807) is 12.5 Å². The van der Waals surface area contributed by atoms with Crippen LogP contribution >= 0.6 is 24.4 Å². The van der Waals surface area contributed by atoms with E-state index in [1.165, 1.54) is 9.80 Å². The smallest absolute Gasteiger partial charge is 0.317 e. The molecule has 0 saturated heterocycles. The van der Waals surface area contributed by atoms with Crippen molar-refractivity contribution in [2.24, 2.45) is 17.8 Å². The zero-order valence-electron chi connectivity index (χ0n) is 25.9. The molecule has 0 spiro atoms. The summed E-state index contributed by atoms with van der Waals surface area (Å²) in [5.41, 5.74) is 1.66. The third kappa shape index (κ3) is 11.9. The molecule has 2 rings (SSSR count). The second-order valence-corrected chi connectivity index (χ2v) is 11.8. The van der Waals surface area contributed by atoms with Crippen molar-refractivity contribution >= 4 is 47.0 Å². The Kier molecular flexibility index (Phi) is 18.5. The number of carboxylic acid groups (broad SMARTS) is 2. The van der Waals surface area contributed by atoms with E-state index >= 15 is 0 Å². The molecule has 0 radical (unpaired) electrons. The average Bonchev–Trinajstić information content (AvgIpc) is 2.96. The van der Waals surface area contributed by atoms with E-state index in [9.17, 15) is 19.8 Å². The van der Waals surface area contributed by atoms with Crippen molar-refractivity contribution in [2.75, 3.05) is 47.7 Å². The molecule has 0 aliphatic heterocycles. The lowest BCUT2D eigenvalue weighted by atomic mass is 9.67. The van der Waals surface area contributed by atoms with E-state index < -0.39 is 37.1 Å². The summed E-state index contributed by atoms with van der Waals surface area (Å²) in [5, 5.41) is 52.5. The number of thiocarbonyl (C=S) groups is 2. The van der Waals surface area contributed by atoms with Crippen LogP contribution in [0.4, 0.5) is 0 Å². The largest absolute Gasteiger partial charge is 0.480 e. The highest BCUT2D eigenvalue weighted by molar-refractivity contribution is 7.80. The van der Waals surface area contributed by atoms with Crippen LogP contribution in [0.2, 0.25) is 0 Å². The minimum Gasteiger partial charge on any atom is -0.480 e. The van der Waals surface area contributed by atoms with Crippen molar-refractivity contribution in [3.05, 3.63) is 0 Å². The lowest BCUT2D eigenvalue weighted by Crippen LogP contribution is -2.64. The van der Waals surface area contributed by atoms with Crippen molar-refractivity contribution in [3.63, 3.8) is 0 Å². The molecule has 2 aliphatic rings. The lowest BCUT2D eigenvalue weighted by Gasteiger charge is -2.49. The number of aliphatic carboxylic acids is 2. The first-order valence-corrected chi connectivity index (χ1v) is 15.2. The number of likely N-dealkylation sites (N-methyl/N-ethyl adjacent to an activating group) is 2. The van der Waals surface area contributed by atoms with E-state index in [0.717, 1.165) is 0 Å². The maximum Gasteiger partial charge on any atom is 0.317 e. The van der Waals surface area contributed by atoms with Crippen LogP contribution in [0.15, 0.2) is 0 Å². The Hall–Kier alpha value is -1.80. The number of rotatable bonds is 15. The molecule has 2 saturated carbocycles. The predicted octanol–water partition coefficient (Wildman–Crippen LogP) is 0.775. The fourth-order valence-corrected chi connectivity index (χ4v) is 6.95. The molecular weight excluding hydrogens is 602 g/mol. The highest BCUT2D eigenvalue weighted by Gasteiger charge is 2.44. The van der Waals surface area contributed by atoms with Gasteiger partial charge in [0.2, 0.25) is 0 Å². The maximum atomic E-state index is 11.2. The minimum atomic E-state index is -1.17. The van der Waals surface area contributed by atoms with Gasteiger partial charge in [-0.3, -0.25) is 25.0 Å². The van der Waals surface area contributed by atoms with E-state index in [0.29, 0.717) is 60.3 Å². The van der Waals surface area contributed by atoms with Crippen LogP contribution in [0, 0.1) is 17.8 Å². The molecule has 0 aromatic rings. The molecule has 9 atom stereocenters. The van der Waals surface area contributed by atoms with Crippen molar-refractivity contribution in [2.45, 2.75) is 76.3 Å². The molecular formula is C26H57N7O8S2. The van der Waals surface area contributed by atoms with Crippen LogP contribution in [0.5, 0.6) is 0 Å². The van der Waals surface area contributed by atoms with Gasteiger partial charge in [0.05, 0.1) is 18.6 Å². The Bertz CT molecular complexity index is 873. The highest BCUT2D eigenvalue weighted by atomic mass is 32.1. The molecule has 0 aromatic carbocycles. The Morgan fingerprint density at radius 3 is 1.81 bits per heavy atom. The molecule has 43 heavy (non-hydrogen) atoms. The highest BCUT2D eigenvalue weighted by Crippen LogP contribution is 2.34. The van der Waals surface area contributed by atoms with Gasteiger partial charge in [0.1, 0.15) is 13.5 Å². The molecule has 2 aliphatic carbocycles. The minimum absolute atomic E-state index is 0. The molecule has 0 amide bonds. The van der Waals surface area contributed by atoms with E-state index in [4.69, 9.17) is 35.0 Å². The summed E-state index contributed by atoms with van der Waals surface area (Å²) in [6.45, 7) is 5.36. The van der Waals surface area contributed by atoms with Crippen molar-refractivity contribution < 1.29 is 44.4 Å². The van der Waals surface area contributed by atoms with Gasteiger partial charge < -0.3 is 36.8 Å². The van der Waals surface area contributed by atoms with Gasteiger partial charge >= 0.3 is 11.9 Å². The van der Waals surface area contributed by atoms with E-state index in [-0.39, 0.29) is 23.8 Å². The Morgan fingerprint density at radius 2 is 1.37 bits per heavy atom. The number of hydrogen-bond acceptors (Lipinski definition) is 12. The number of nitrogens with zero attached hydrogens (tertiary/aromatic N) is 2. The zero-order valence-corrected chi connectivity index (χ0v) is 27.5. The second-order valence-electron chi connectivity index (χ2n) is 11.2. The molecule has 0 bridgehead atoms. The summed E-state index contributed by atoms with van der Waals surface area (Å²) < 4.78 is 0. The van der Waals surface area contributed by atoms with Gasteiger partial charge in [0, 0.05) is 47.6 Å². The van der Waals surface area contributed by atoms with Crippen LogP contribution in [-0.4, -0.2) is 137 Å². The number of carbonyl (C=O) groups is 2. The van der Waals surface area contributed by atoms with E-state index in [1.807, 2.05) is 7.05 Å². The van der Waals surface area contributed by atoms with Crippen LogP contribution in [0.3, 0.4) is 0 Å². The topological polar surface area (TPSA) is 200 Å². The first-order valence-electron chi connectivity index (χ1n) is 14.4. The Balaban J connectivity index is -0.000000840. The molecule has 17 heteroatoms. The first kappa shape index (κ1) is 39.2. The average molecular weight is 660 g/mol. The van der Waals surface area contributed by atoms with Crippen LogP contribution in [0.1, 0.15) is 44.3 Å².